The highest BCUT2D eigenvalue weighted by atomic mass is 16.2. The highest BCUT2D eigenvalue weighted by Gasteiger charge is 2.12. The molecule has 0 atom stereocenters. The molecule has 0 saturated carbocycles. The second-order valence-electron chi connectivity index (χ2n) is 6.43. The average Bonchev–Trinajstić information content (AvgIpc) is 2.66. The highest BCUT2D eigenvalue weighted by molar-refractivity contribution is 5.91. The molecule has 0 fully saturated rings. The minimum Gasteiger partial charge on any atom is -0.324 e. The van der Waals surface area contributed by atoms with Gasteiger partial charge in [0.05, 0.1) is 6.54 Å². The van der Waals surface area contributed by atoms with Gasteiger partial charge in [-0.2, -0.15) is 0 Å². The first kappa shape index (κ1) is 18.4. The number of nitrogens with zero attached hydrogens (tertiary/aromatic N) is 2. The van der Waals surface area contributed by atoms with Gasteiger partial charge in [0.2, 0.25) is 5.91 Å². The molecule has 1 aromatic heterocycles. The standard InChI is InChI=1S/C21H21N3O3/c1-15-7-6-10-18(16(15)2)22-19(25)14-24-20(26)11-12-23(21(24)27)13-17-8-4-3-5-9-17/h3-12H,13-14H2,1-2H3,(H,22,25). The third kappa shape index (κ3) is 4.23. The quantitative estimate of drug-likeness (QED) is 0.756. The van der Waals surface area contributed by atoms with Crippen molar-refractivity contribution in [1.82, 2.24) is 9.13 Å². The Bertz CT molecular complexity index is 1080. The lowest BCUT2D eigenvalue weighted by Crippen LogP contribution is -2.41. The molecule has 6 heteroatoms. The molecule has 0 aliphatic carbocycles. The van der Waals surface area contributed by atoms with Gasteiger partial charge in [-0.25, -0.2) is 4.79 Å². The monoisotopic (exact) mass is 363 g/mol. The zero-order chi connectivity index (χ0) is 19.4. The van der Waals surface area contributed by atoms with E-state index in [1.165, 1.54) is 16.8 Å². The number of anilines is 1. The largest absolute Gasteiger partial charge is 0.331 e. The fraction of sp³-hybridized carbons (Fsp3) is 0.190. The SMILES string of the molecule is Cc1cccc(NC(=O)Cn2c(=O)ccn(Cc3ccccc3)c2=O)c1C. The van der Waals surface area contributed by atoms with Crippen molar-refractivity contribution in [2.75, 3.05) is 5.32 Å². The van der Waals surface area contributed by atoms with E-state index < -0.39 is 17.2 Å². The summed E-state index contributed by atoms with van der Waals surface area (Å²) < 4.78 is 2.37. The Kier molecular flexibility index (Phi) is 5.35. The third-order valence-corrected chi connectivity index (χ3v) is 4.52. The maximum Gasteiger partial charge on any atom is 0.331 e. The van der Waals surface area contributed by atoms with E-state index in [2.05, 4.69) is 5.32 Å². The van der Waals surface area contributed by atoms with Crippen LogP contribution >= 0.6 is 0 Å². The van der Waals surface area contributed by atoms with Crippen LogP contribution in [-0.4, -0.2) is 15.0 Å². The van der Waals surface area contributed by atoms with Crippen LogP contribution in [0.3, 0.4) is 0 Å². The van der Waals surface area contributed by atoms with Gasteiger partial charge in [0, 0.05) is 18.0 Å². The number of aryl methyl sites for hydroxylation is 1. The molecule has 1 N–H and O–H groups in total. The summed E-state index contributed by atoms with van der Waals surface area (Å²) in [5.74, 6) is -0.416. The molecule has 2 aromatic carbocycles. The Labute approximate surface area is 156 Å². The number of amides is 1. The van der Waals surface area contributed by atoms with Gasteiger partial charge in [0.25, 0.3) is 5.56 Å². The van der Waals surface area contributed by atoms with Crippen molar-refractivity contribution in [3.63, 3.8) is 0 Å². The van der Waals surface area contributed by atoms with Gasteiger partial charge in [-0.3, -0.25) is 18.7 Å². The molecule has 3 aromatic rings. The highest BCUT2D eigenvalue weighted by Crippen LogP contribution is 2.17. The summed E-state index contributed by atoms with van der Waals surface area (Å²) in [6.45, 7) is 3.86. The number of carbonyl (C=O) groups is 1. The summed E-state index contributed by atoms with van der Waals surface area (Å²) in [5.41, 5.74) is 2.60. The first-order valence-corrected chi connectivity index (χ1v) is 8.66. The van der Waals surface area contributed by atoms with Crippen molar-refractivity contribution >= 4 is 11.6 Å². The summed E-state index contributed by atoms with van der Waals surface area (Å²) in [4.78, 5) is 37.2. The maximum atomic E-state index is 12.6. The summed E-state index contributed by atoms with van der Waals surface area (Å²) >= 11 is 0. The van der Waals surface area contributed by atoms with Crippen LogP contribution in [0.1, 0.15) is 16.7 Å². The number of rotatable bonds is 5. The van der Waals surface area contributed by atoms with Crippen LogP contribution in [0.4, 0.5) is 5.69 Å². The molecule has 0 aliphatic heterocycles. The van der Waals surface area contributed by atoms with E-state index in [0.29, 0.717) is 12.2 Å². The lowest BCUT2D eigenvalue weighted by molar-refractivity contribution is -0.116. The predicted octanol–water partition coefficient (Wildman–Crippen LogP) is 2.31. The Morgan fingerprint density at radius 2 is 1.70 bits per heavy atom. The first-order chi connectivity index (χ1) is 13.0. The molecular weight excluding hydrogens is 342 g/mol. The molecule has 0 bridgehead atoms. The summed E-state index contributed by atoms with van der Waals surface area (Å²) in [6, 6.07) is 16.3. The van der Waals surface area contributed by atoms with Crippen LogP contribution in [0, 0.1) is 13.8 Å². The molecule has 1 amide bonds. The van der Waals surface area contributed by atoms with E-state index in [1.807, 2.05) is 56.3 Å². The molecule has 138 valence electrons. The van der Waals surface area contributed by atoms with Crippen LogP contribution in [0.15, 0.2) is 70.4 Å². The molecule has 0 spiro atoms. The number of nitrogens with one attached hydrogen (secondary N) is 1. The summed E-state index contributed by atoms with van der Waals surface area (Å²) in [6.07, 6.45) is 1.46. The van der Waals surface area contributed by atoms with Gasteiger partial charge >= 0.3 is 5.69 Å². The van der Waals surface area contributed by atoms with E-state index >= 15 is 0 Å². The van der Waals surface area contributed by atoms with Crippen LogP contribution in [0.25, 0.3) is 0 Å². The van der Waals surface area contributed by atoms with E-state index in [-0.39, 0.29) is 6.54 Å². The van der Waals surface area contributed by atoms with Gasteiger partial charge in [-0.1, -0.05) is 42.5 Å². The number of benzene rings is 2. The van der Waals surface area contributed by atoms with E-state index in [0.717, 1.165) is 21.3 Å². The Hall–Kier alpha value is -3.41. The number of hydrogen-bond acceptors (Lipinski definition) is 3. The lowest BCUT2D eigenvalue weighted by atomic mass is 10.1. The van der Waals surface area contributed by atoms with Crippen LogP contribution in [0.5, 0.6) is 0 Å². The Morgan fingerprint density at radius 3 is 2.44 bits per heavy atom. The normalized spacial score (nSPS) is 10.6. The third-order valence-electron chi connectivity index (χ3n) is 4.52. The minimum atomic E-state index is -0.512. The number of carbonyl (C=O) groups excluding carboxylic acids is 1. The minimum absolute atomic E-state index is 0.332. The molecule has 0 radical (unpaired) electrons. The van der Waals surface area contributed by atoms with E-state index in [9.17, 15) is 14.4 Å². The molecular formula is C21H21N3O3. The van der Waals surface area contributed by atoms with Crippen molar-refractivity contribution in [1.29, 1.82) is 0 Å². The van der Waals surface area contributed by atoms with Crippen molar-refractivity contribution in [3.8, 4) is 0 Å². The summed E-state index contributed by atoms with van der Waals surface area (Å²) in [7, 11) is 0. The second-order valence-corrected chi connectivity index (χ2v) is 6.43. The Balaban J connectivity index is 1.83. The van der Waals surface area contributed by atoms with Gasteiger partial charge < -0.3 is 5.32 Å². The fourth-order valence-corrected chi connectivity index (χ4v) is 2.82. The zero-order valence-corrected chi connectivity index (χ0v) is 15.3. The molecule has 6 nitrogen and oxygen atoms in total. The molecule has 0 aliphatic rings. The van der Waals surface area contributed by atoms with Crippen LogP contribution < -0.4 is 16.6 Å². The fourth-order valence-electron chi connectivity index (χ4n) is 2.82. The van der Waals surface area contributed by atoms with Crippen LogP contribution in [-0.2, 0) is 17.9 Å². The van der Waals surface area contributed by atoms with Gasteiger partial charge in [0.1, 0.15) is 6.54 Å². The first-order valence-electron chi connectivity index (χ1n) is 8.66. The lowest BCUT2D eigenvalue weighted by Gasteiger charge is -2.12. The number of aromatic nitrogens is 2. The van der Waals surface area contributed by atoms with Gasteiger partial charge in [-0.05, 0) is 36.6 Å². The summed E-state index contributed by atoms with van der Waals surface area (Å²) in [5, 5.41) is 2.78. The molecule has 0 saturated heterocycles. The maximum absolute atomic E-state index is 12.6. The van der Waals surface area contributed by atoms with Crippen molar-refractivity contribution in [2.45, 2.75) is 26.9 Å². The van der Waals surface area contributed by atoms with Gasteiger partial charge in [-0.15, -0.1) is 0 Å². The van der Waals surface area contributed by atoms with E-state index in [4.69, 9.17) is 0 Å². The molecule has 0 unspecified atom stereocenters. The van der Waals surface area contributed by atoms with Crippen molar-refractivity contribution in [3.05, 3.63) is 98.3 Å². The number of hydrogen-bond donors (Lipinski definition) is 1. The zero-order valence-electron chi connectivity index (χ0n) is 15.3. The van der Waals surface area contributed by atoms with Crippen molar-refractivity contribution in [2.24, 2.45) is 0 Å². The predicted molar refractivity (Wildman–Crippen MR) is 105 cm³/mol. The molecule has 1 heterocycles. The Morgan fingerprint density at radius 1 is 0.963 bits per heavy atom. The van der Waals surface area contributed by atoms with E-state index in [1.54, 1.807) is 6.07 Å². The average molecular weight is 363 g/mol. The smallest absolute Gasteiger partial charge is 0.324 e. The topological polar surface area (TPSA) is 73.1 Å². The second kappa shape index (κ2) is 7.86. The molecule has 3 rings (SSSR count). The van der Waals surface area contributed by atoms with Gasteiger partial charge in [0.15, 0.2) is 0 Å². The van der Waals surface area contributed by atoms with Crippen LogP contribution in [0.2, 0.25) is 0 Å². The molecule has 27 heavy (non-hydrogen) atoms. The van der Waals surface area contributed by atoms with Crippen molar-refractivity contribution < 1.29 is 4.79 Å².